The summed E-state index contributed by atoms with van der Waals surface area (Å²) in [4.78, 5) is 11.8. The van der Waals surface area contributed by atoms with Crippen LogP contribution in [0.2, 0.25) is 0 Å². The van der Waals surface area contributed by atoms with Crippen LogP contribution >= 0.6 is 0 Å². The zero-order chi connectivity index (χ0) is 11.6. The Kier molecular flexibility index (Phi) is 2.99. The molecule has 0 atom stereocenters. The lowest BCUT2D eigenvalue weighted by molar-refractivity contribution is -0.0177. The second-order valence-electron chi connectivity index (χ2n) is 4.23. The van der Waals surface area contributed by atoms with Crippen molar-refractivity contribution in [2.45, 2.75) is 45.1 Å². The zero-order valence-electron chi connectivity index (χ0n) is 9.95. The minimum atomic E-state index is -0.133. The monoisotopic (exact) mass is 218 g/mol. The first-order valence-corrected chi connectivity index (χ1v) is 6.10. The molecule has 2 aliphatic rings. The van der Waals surface area contributed by atoms with E-state index in [9.17, 15) is 4.79 Å². The van der Waals surface area contributed by atoms with Crippen molar-refractivity contribution >= 4 is 5.78 Å². The van der Waals surface area contributed by atoms with Crippen molar-refractivity contribution < 1.29 is 9.53 Å². The summed E-state index contributed by atoms with van der Waals surface area (Å²) in [6.07, 6.45) is 3.83. The molecule has 0 saturated heterocycles. The van der Waals surface area contributed by atoms with Gasteiger partial charge in [-0.1, -0.05) is 26.0 Å². The van der Waals surface area contributed by atoms with Gasteiger partial charge in [0.2, 0.25) is 0 Å². The molecule has 0 unspecified atom stereocenters. The Hall–Kier alpha value is -1.31. The molecule has 0 aromatic heterocycles. The molecule has 86 valence electrons. The number of carbonyl (C=O) groups is 1. The Morgan fingerprint density at radius 1 is 1.19 bits per heavy atom. The molecule has 3 rings (SSSR count). The Balaban J connectivity index is 0.000000457. The average molecular weight is 218 g/mol. The molecule has 16 heavy (non-hydrogen) atoms. The van der Waals surface area contributed by atoms with Gasteiger partial charge >= 0.3 is 0 Å². The predicted octanol–water partition coefficient (Wildman–Crippen LogP) is 3.60. The Labute approximate surface area is 96.6 Å². The standard InChI is InChI=1S/C12H12O2.C2H6/c13-10-8-12(6-3-7-12)14-11-5-2-1-4-9(10)11;1-2/h1-2,4-5H,3,6-8H2;1-2H3. The van der Waals surface area contributed by atoms with E-state index in [2.05, 4.69) is 0 Å². The van der Waals surface area contributed by atoms with E-state index in [-0.39, 0.29) is 11.4 Å². The second kappa shape index (κ2) is 4.28. The van der Waals surface area contributed by atoms with E-state index in [1.165, 1.54) is 6.42 Å². The summed E-state index contributed by atoms with van der Waals surface area (Å²) in [5, 5.41) is 0. The molecule has 0 amide bonds. The molecular formula is C14H18O2. The van der Waals surface area contributed by atoms with Gasteiger partial charge in [0.25, 0.3) is 0 Å². The number of rotatable bonds is 0. The van der Waals surface area contributed by atoms with E-state index in [0.717, 1.165) is 24.2 Å². The SMILES string of the molecule is CC.O=C1CC2(CCC2)Oc2ccccc21. The molecule has 0 radical (unpaired) electrons. The molecule has 1 aliphatic heterocycles. The number of hydrogen-bond acceptors (Lipinski definition) is 2. The molecule has 1 fully saturated rings. The lowest BCUT2D eigenvalue weighted by Crippen LogP contribution is -2.47. The van der Waals surface area contributed by atoms with Crippen LogP contribution in [0, 0.1) is 0 Å². The molecule has 1 saturated carbocycles. The lowest BCUT2D eigenvalue weighted by Gasteiger charge is -2.44. The van der Waals surface area contributed by atoms with Crippen molar-refractivity contribution in [2.75, 3.05) is 0 Å². The molecule has 1 aromatic rings. The minimum Gasteiger partial charge on any atom is -0.486 e. The maximum Gasteiger partial charge on any atom is 0.170 e. The van der Waals surface area contributed by atoms with Gasteiger partial charge in [-0.2, -0.15) is 0 Å². The van der Waals surface area contributed by atoms with Gasteiger partial charge in [-0.15, -0.1) is 0 Å². The summed E-state index contributed by atoms with van der Waals surface area (Å²) < 4.78 is 5.90. The van der Waals surface area contributed by atoms with Crippen LogP contribution in [-0.2, 0) is 0 Å². The first kappa shape index (κ1) is 11.2. The normalized spacial score (nSPS) is 20.0. The highest BCUT2D eigenvalue weighted by Crippen LogP contribution is 2.44. The number of Topliss-reactive ketones (excluding diaryl/α,β-unsaturated/α-hetero) is 1. The van der Waals surface area contributed by atoms with Gasteiger partial charge in [-0.05, 0) is 31.4 Å². The average Bonchev–Trinajstić information content (AvgIpc) is 2.30. The van der Waals surface area contributed by atoms with Crippen LogP contribution in [0.25, 0.3) is 0 Å². The summed E-state index contributed by atoms with van der Waals surface area (Å²) in [7, 11) is 0. The highest BCUT2D eigenvalue weighted by atomic mass is 16.5. The summed E-state index contributed by atoms with van der Waals surface area (Å²) in [6.45, 7) is 4.00. The number of ketones is 1. The van der Waals surface area contributed by atoms with E-state index in [0.29, 0.717) is 6.42 Å². The van der Waals surface area contributed by atoms with Crippen molar-refractivity contribution in [3.8, 4) is 5.75 Å². The molecule has 0 N–H and O–H groups in total. The van der Waals surface area contributed by atoms with Crippen LogP contribution in [-0.4, -0.2) is 11.4 Å². The molecule has 2 nitrogen and oxygen atoms in total. The van der Waals surface area contributed by atoms with Crippen molar-refractivity contribution in [1.29, 1.82) is 0 Å². The van der Waals surface area contributed by atoms with Crippen LogP contribution in [0.3, 0.4) is 0 Å². The fourth-order valence-electron chi connectivity index (χ4n) is 2.29. The fraction of sp³-hybridized carbons (Fsp3) is 0.500. The van der Waals surface area contributed by atoms with E-state index in [4.69, 9.17) is 4.74 Å². The molecule has 0 bridgehead atoms. The van der Waals surface area contributed by atoms with E-state index in [1.807, 2.05) is 38.1 Å². The zero-order valence-corrected chi connectivity index (χ0v) is 9.95. The maximum absolute atomic E-state index is 11.8. The third kappa shape index (κ3) is 1.73. The van der Waals surface area contributed by atoms with Gasteiger partial charge in [0.15, 0.2) is 5.78 Å². The van der Waals surface area contributed by atoms with E-state index >= 15 is 0 Å². The van der Waals surface area contributed by atoms with Crippen molar-refractivity contribution in [2.24, 2.45) is 0 Å². The Morgan fingerprint density at radius 2 is 1.88 bits per heavy atom. The van der Waals surface area contributed by atoms with Gasteiger partial charge in [-0.25, -0.2) is 0 Å². The third-order valence-corrected chi connectivity index (χ3v) is 3.26. The van der Waals surface area contributed by atoms with Crippen molar-refractivity contribution in [1.82, 2.24) is 0 Å². The second-order valence-corrected chi connectivity index (χ2v) is 4.23. The molecule has 1 aromatic carbocycles. The lowest BCUT2D eigenvalue weighted by atomic mass is 9.74. The van der Waals surface area contributed by atoms with Crippen LogP contribution in [0.5, 0.6) is 5.75 Å². The first-order chi connectivity index (χ1) is 7.79. The van der Waals surface area contributed by atoms with Gasteiger partial charge < -0.3 is 4.74 Å². The van der Waals surface area contributed by atoms with Crippen molar-refractivity contribution in [3.63, 3.8) is 0 Å². The number of fused-ring (bicyclic) bond motifs is 1. The molecule has 1 heterocycles. The highest BCUT2D eigenvalue weighted by Gasteiger charge is 2.44. The molecular weight excluding hydrogens is 200 g/mol. The summed E-state index contributed by atoms with van der Waals surface area (Å²) >= 11 is 0. The number of carbonyl (C=O) groups excluding carboxylic acids is 1. The minimum absolute atomic E-state index is 0.133. The molecule has 2 heteroatoms. The van der Waals surface area contributed by atoms with Crippen molar-refractivity contribution in [3.05, 3.63) is 29.8 Å². The number of ether oxygens (including phenoxy) is 1. The summed E-state index contributed by atoms with van der Waals surface area (Å²) in [5.74, 6) is 1.02. The van der Waals surface area contributed by atoms with Gasteiger partial charge in [0.1, 0.15) is 11.4 Å². The predicted molar refractivity (Wildman–Crippen MR) is 63.9 cm³/mol. The molecule has 1 spiro atoms. The smallest absolute Gasteiger partial charge is 0.170 e. The Morgan fingerprint density at radius 3 is 2.50 bits per heavy atom. The van der Waals surface area contributed by atoms with E-state index in [1.54, 1.807) is 0 Å². The maximum atomic E-state index is 11.8. The van der Waals surface area contributed by atoms with Gasteiger partial charge in [0, 0.05) is 0 Å². The van der Waals surface area contributed by atoms with Crippen LogP contribution in [0.1, 0.15) is 49.9 Å². The molecule has 1 aliphatic carbocycles. The topological polar surface area (TPSA) is 26.3 Å². The number of benzene rings is 1. The largest absolute Gasteiger partial charge is 0.486 e. The fourth-order valence-corrected chi connectivity index (χ4v) is 2.29. The van der Waals surface area contributed by atoms with Gasteiger partial charge in [-0.3, -0.25) is 4.79 Å². The highest BCUT2D eigenvalue weighted by molar-refractivity contribution is 6.00. The van der Waals surface area contributed by atoms with E-state index < -0.39 is 0 Å². The first-order valence-electron chi connectivity index (χ1n) is 6.10. The summed E-state index contributed by atoms with van der Waals surface area (Å²) in [5.41, 5.74) is 0.621. The number of para-hydroxylation sites is 1. The van der Waals surface area contributed by atoms with Gasteiger partial charge in [0.05, 0.1) is 12.0 Å². The van der Waals surface area contributed by atoms with Crippen LogP contribution in [0.4, 0.5) is 0 Å². The Bertz CT molecular complexity index is 391. The summed E-state index contributed by atoms with van der Waals surface area (Å²) in [6, 6.07) is 7.55. The third-order valence-electron chi connectivity index (χ3n) is 3.26. The van der Waals surface area contributed by atoms with Crippen LogP contribution in [0.15, 0.2) is 24.3 Å². The quantitative estimate of drug-likeness (QED) is 0.665. The van der Waals surface area contributed by atoms with Crippen LogP contribution < -0.4 is 4.74 Å². The number of hydrogen-bond donors (Lipinski definition) is 0.